The molecule has 8 nitrogen and oxygen atoms in total. The van der Waals surface area contributed by atoms with Crippen LogP contribution in [0.4, 0.5) is 0 Å². The minimum absolute atomic E-state index is 0.0789. The maximum atomic E-state index is 12.1. The molecular weight excluding hydrogens is 448 g/mol. The molecule has 9 heteroatoms. The molecule has 34 heavy (non-hydrogen) atoms. The van der Waals surface area contributed by atoms with Gasteiger partial charge in [0.25, 0.3) is 0 Å². The maximum absolute atomic E-state index is 12.1. The zero-order chi connectivity index (χ0) is 24.1. The molecule has 2 heterocycles. The van der Waals surface area contributed by atoms with Crippen molar-refractivity contribution in [2.45, 2.75) is 26.6 Å². The molecule has 2 aromatic carbocycles. The van der Waals surface area contributed by atoms with E-state index in [1.54, 1.807) is 7.11 Å². The number of methoxy groups -OCH3 is 1. The van der Waals surface area contributed by atoms with Crippen molar-refractivity contribution in [2.75, 3.05) is 39.8 Å². The number of hydrogen-bond donors (Lipinski definition) is 1. The molecule has 0 aliphatic carbocycles. The first kappa shape index (κ1) is 24.1. The quantitative estimate of drug-likeness (QED) is 0.500. The number of amides is 1. The molecule has 0 atom stereocenters. The molecule has 0 saturated carbocycles. The molecule has 1 fully saturated rings. The van der Waals surface area contributed by atoms with Gasteiger partial charge >= 0.3 is 0 Å². The summed E-state index contributed by atoms with van der Waals surface area (Å²) in [5.74, 6) is 1.63. The Morgan fingerprint density at radius 1 is 1.06 bits per heavy atom. The molecule has 1 amide bonds. The number of carbonyl (C=O) groups is 1. The van der Waals surface area contributed by atoms with Crippen LogP contribution < -0.4 is 10.1 Å². The average molecular weight is 481 g/mol. The molecule has 0 spiro atoms. The number of ether oxygens (including phenoxy) is 1. The van der Waals surface area contributed by atoms with Gasteiger partial charge in [-0.25, -0.2) is 4.68 Å². The number of hydrogen-bond acceptors (Lipinski definition) is 6. The maximum Gasteiger partial charge on any atom is 0.234 e. The normalized spacial score (nSPS) is 14.9. The van der Waals surface area contributed by atoms with Gasteiger partial charge in [0.1, 0.15) is 5.75 Å². The lowest BCUT2D eigenvalue weighted by molar-refractivity contribution is -0.123. The minimum Gasteiger partial charge on any atom is -0.497 e. The molecule has 0 bridgehead atoms. The summed E-state index contributed by atoms with van der Waals surface area (Å²) < 4.78 is 9.97. The molecule has 0 unspecified atom stereocenters. The van der Waals surface area contributed by atoms with Crippen molar-refractivity contribution >= 4 is 18.1 Å². The summed E-state index contributed by atoms with van der Waals surface area (Å²) in [4.78, 5) is 16.6. The topological polar surface area (TPSA) is 67.6 Å². The van der Waals surface area contributed by atoms with Crippen molar-refractivity contribution in [3.8, 4) is 22.8 Å². The number of piperazine rings is 1. The van der Waals surface area contributed by atoms with Crippen LogP contribution in [0.3, 0.4) is 0 Å². The number of nitrogens with zero attached hydrogens (tertiary/aromatic N) is 5. The fourth-order valence-electron chi connectivity index (χ4n) is 4.11. The van der Waals surface area contributed by atoms with Crippen LogP contribution in [0.5, 0.6) is 5.75 Å². The SMILES string of the molecule is COc1cccc(-c2nn(CN3CCN(CC(=O)NC(C)C)CC3)c(=S)n2-c2ccccc2)c1. The lowest BCUT2D eigenvalue weighted by Crippen LogP contribution is -2.50. The number of carbonyl (C=O) groups excluding carboxylic acids is 1. The zero-order valence-corrected chi connectivity index (χ0v) is 20.8. The second-order valence-corrected chi connectivity index (χ2v) is 9.13. The van der Waals surface area contributed by atoms with Gasteiger partial charge in [0.15, 0.2) is 5.82 Å². The van der Waals surface area contributed by atoms with Gasteiger partial charge in [0, 0.05) is 43.5 Å². The highest BCUT2D eigenvalue weighted by Crippen LogP contribution is 2.26. The van der Waals surface area contributed by atoms with E-state index < -0.39 is 0 Å². The van der Waals surface area contributed by atoms with Crippen LogP contribution in [-0.4, -0.2) is 75.9 Å². The summed E-state index contributed by atoms with van der Waals surface area (Å²) in [5.41, 5.74) is 1.91. The van der Waals surface area contributed by atoms with Gasteiger partial charge in [-0.2, -0.15) is 0 Å². The van der Waals surface area contributed by atoms with E-state index in [1.807, 2.05) is 77.7 Å². The summed E-state index contributed by atoms with van der Waals surface area (Å²) in [6.45, 7) is 8.37. The summed E-state index contributed by atoms with van der Waals surface area (Å²) in [6, 6.07) is 18.1. The van der Waals surface area contributed by atoms with E-state index in [1.165, 1.54) is 0 Å². The van der Waals surface area contributed by atoms with E-state index >= 15 is 0 Å². The Kier molecular flexibility index (Phi) is 7.77. The monoisotopic (exact) mass is 480 g/mol. The third-order valence-corrected chi connectivity index (χ3v) is 6.19. The Bertz CT molecular complexity index is 1170. The van der Waals surface area contributed by atoms with Gasteiger partial charge in [0.05, 0.1) is 20.3 Å². The van der Waals surface area contributed by atoms with Gasteiger partial charge in [-0.3, -0.25) is 19.2 Å². The van der Waals surface area contributed by atoms with Crippen LogP contribution in [0.25, 0.3) is 17.1 Å². The molecule has 1 N–H and O–H groups in total. The zero-order valence-electron chi connectivity index (χ0n) is 20.0. The summed E-state index contributed by atoms with van der Waals surface area (Å²) in [7, 11) is 1.66. The van der Waals surface area contributed by atoms with Crippen molar-refractivity contribution < 1.29 is 9.53 Å². The predicted octanol–water partition coefficient (Wildman–Crippen LogP) is 3.18. The van der Waals surface area contributed by atoms with Gasteiger partial charge in [-0.1, -0.05) is 30.3 Å². The molecule has 3 aromatic rings. The van der Waals surface area contributed by atoms with Crippen LogP contribution in [-0.2, 0) is 11.5 Å². The highest BCUT2D eigenvalue weighted by Gasteiger charge is 2.21. The Hall–Kier alpha value is -3.01. The number of para-hydroxylation sites is 1. The van der Waals surface area contributed by atoms with E-state index in [4.69, 9.17) is 22.1 Å². The van der Waals surface area contributed by atoms with Gasteiger partial charge in [0.2, 0.25) is 10.7 Å². The van der Waals surface area contributed by atoms with Crippen molar-refractivity contribution in [1.82, 2.24) is 29.5 Å². The molecule has 4 rings (SSSR count). The standard InChI is InChI=1S/C25H32N6O2S/c1-19(2)26-23(32)17-28-12-14-29(15-13-28)18-30-25(34)31(21-9-5-4-6-10-21)24(27-30)20-8-7-11-22(16-20)33-3/h4-11,16,19H,12-15,17-18H2,1-3H3,(H,26,32). The van der Waals surface area contributed by atoms with E-state index in [9.17, 15) is 4.79 Å². The van der Waals surface area contributed by atoms with Crippen molar-refractivity contribution in [3.05, 3.63) is 59.4 Å². The number of benzene rings is 2. The van der Waals surface area contributed by atoms with E-state index in [-0.39, 0.29) is 11.9 Å². The first-order chi connectivity index (χ1) is 16.4. The Morgan fingerprint density at radius 2 is 1.76 bits per heavy atom. The highest BCUT2D eigenvalue weighted by atomic mass is 32.1. The molecule has 1 aromatic heterocycles. The lowest BCUT2D eigenvalue weighted by Gasteiger charge is -2.34. The fraction of sp³-hybridized carbons (Fsp3) is 0.400. The molecule has 1 saturated heterocycles. The fourth-order valence-corrected chi connectivity index (χ4v) is 4.40. The minimum atomic E-state index is 0.0789. The number of rotatable bonds is 8. The Balaban J connectivity index is 1.54. The van der Waals surface area contributed by atoms with Gasteiger partial charge < -0.3 is 10.1 Å². The molecule has 1 aliphatic heterocycles. The van der Waals surface area contributed by atoms with Crippen LogP contribution in [0.2, 0.25) is 0 Å². The second kappa shape index (κ2) is 10.9. The molecular formula is C25H32N6O2S. The highest BCUT2D eigenvalue weighted by molar-refractivity contribution is 7.71. The van der Waals surface area contributed by atoms with Crippen LogP contribution in [0.15, 0.2) is 54.6 Å². The van der Waals surface area contributed by atoms with Gasteiger partial charge in [-0.05, 0) is 50.3 Å². The van der Waals surface area contributed by atoms with E-state index in [0.29, 0.717) is 18.0 Å². The molecule has 1 aliphatic rings. The largest absolute Gasteiger partial charge is 0.497 e. The van der Waals surface area contributed by atoms with E-state index in [0.717, 1.165) is 49.0 Å². The second-order valence-electron chi connectivity index (χ2n) is 8.77. The van der Waals surface area contributed by atoms with Crippen molar-refractivity contribution in [1.29, 1.82) is 0 Å². The summed E-state index contributed by atoms with van der Waals surface area (Å²) in [6.07, 6.45) is 0. The van der Waals surface area contributed by atoms with Crippen molar-refractivity contribution in [2.24, 2.45) is 0 Å². The average Bonchev–Trinajstić information content (AvgIpc) is 3.16. The molecule has 0 radical (unpaired) electrons. The van der Waals surface area contributed by atoms with E-state index in [2.05, 4.69) is 15.1 Å². The Morgan fingerprint density at radius 3 is 2.44 bits per heavy atom. The van der Waals surface area contributed by atoms with Crippen LogP contribution in [0.1, 0.15) is 13.8 Å². The summed E-state index contributed by atoms with van der Waals surface area (Å²) in [5, 5.41) is 7.89. The summed E-state index contributed by atoms with van der Waals surface area (Å²) >= 11 is 5.89. The number of aromatic nitrogens is 3. The van der Waals surface area contributed by atoms with Crippen molar-refractivity contribution in [3.63, 3.8) is 0 Å². The lowest BCUT2D eigenvalue weighted by atomic mass is 10.2. The van der Waals surface area contributed by atoms with Gasteiger partial charge in [-0.15, -0.1) is 5.10 Å². The molecule has 180 valence electrons. The van der Waals surface area contributed by atoms with Crippen LogP contribution in [0, 0.1) is 4.77 Å². The third kappa shape index (κ3) is 5.72. The smallest absolute Gasteiger partial charge is 0.234 e. The Labute approximate surface area is 205 Å². The third-order valence-electron chi connectivity index (χ3n) is 5.80. The number of nitrogens with one attached hydrogen (secondary N) is 1. The first-order valence-electron chi connectivity index (χ1n) is 11.6. The predicted molar refractivity (Wildman–Crippen MR) is 136 cm³/mol. The first-order valence-corrected chi connectivity index (χ1v) is 12.0. The van der Waals surface area contributed by atoms with Crippen LogP contribution >= 0.6 is 12.2 Å².